The van der Waals surface area contributed by atoms with E-state index in [9.17, 15) is 0 Å². The van der Waals surface area contributed by atoms with Gasteiger partial charge in [0.15, 0.2) is 11.5 Å². The third-order valence-electron chi connectivity index (χ3n) is 5.04. The molecule has 0 radical (unpaired) electrons. The second kappa shape index (κ2) is 7.48. The largest absolute Gasteiger partial charge is 0.493 e. The van der Waals surface area contributed by atoms with Crippen LogP contribution in [0.4, 0.5) is 0 Å². The van der Waals surface area contributed by atoms with Crippen molar-refractivity contribution in [3.8, 4) is 11.5 Å². The van der Waals surface area contributed by atoms with Crippen molar-refractivity contribution in [3.05, 3.63) is 40.7 Å². The summed E-state index contributed by atoms with van der Waals surface area (Å²) in [5.41, 5.74) is 4.91. The number of ether oxygens (including phenoxy) is 2. The summed E-state index contributed by atoms with van der Waals surface area (Å²) in [7, 11) is 3.70. The molecule has 0 unspecified atom stereocenters. The molecule has 1 saturated carbocycles. The van der Waals surface area contributed by atoms with Gasteiger partial charge in [0, 0.05) is 37.4 Å². The molecule has 1 aromatic heterocycles. The number of methoxy groups -OCH3 is 1. The zero-order valence-corrected chi connectivity index (χ0v) is 16.0. The van der Waals surface area contributed by atoms with E-state index in [1.807, 2.05) is 23.9 Å². The van der Waals surface area contributed by atoms with Crippen LogP contribution in [0.5, 0.6) is 11.5 Å². The SMILES string of the molecule is COc1cc(C)ccc1OCCN(Cc1c(C)nn(C)c1C)C1CC1. The quantitative estimate of drug-likeness (QED) is 0.736. The molecule has 0 bridgehead atoms. The molecule has 5 heteroatoms. The van der Waals surface area contributed by atoms with Crippen LogP contribution < -0.4 is 9.47 Å². The second-order valence-electron chi connectivity index (χ2n) is 6.98. The number of hydrogen-bond acceptors (Lipinski definition) is 4. The highest BCUT2D eigenvalue weighted by atomic mass is 16.5. The van der Waals surface area contributed by atoms with Crippen LogP contribution in [-0.2, 0) is 13.6 Å². The van der Waals surface area contributed by atoms with E-state index in [0.717, 1.165) is 30.3 Å². The molecule has 136 valence electrons. The molecular formula is C20H29N3O2. The van der Waals surface area contributed by atoms with Crippen molar-refractivity contribution in [2.75, 3.05) is 20.3 Å². The van der Waals surface area contributed by atoms with Crippen LogP contribution in [0.15, 0.2) is 18.2 Å². The highest BCUT2D eigenvalue weighted by Gasteiger charge is 2.30. The van der Waals surface area contributed by atoms with Gasteiger partial charge in [0.05, 0.1) is 12.8 Å². The molecule has 0 N–H and O–H groups in total. The Balaban J connectivity index is 1.62. The second-order valence-corrected chi connectivity index (χ2v) is 6.98. The Morgan fingerprint density at radius 1 is 1.20 bits per heavy atom. The average molecular weight is 343 g/mol. The van der Waals surface area contributed by atoms with E-state index in [1.165, 1.54) is 29.7 Å². The van der Waals surface area contributed by atoms with Crippen LogP contribution in [0, 0.1) is 20.8 Å². The Labute approximate surface area is 150 Å². The normalized spacial score (nSPS) is 14.2. The smallest absolute Gasteiger partial charge is 0.161 e. The standard InChI is InChI=1S/C20H29N3O2/c1-14-6-9-19(20(12-14)24-5)25-11-10-23(17-7-8-17)13-18-15(2)21-22(4)16(18)3/h6,9,12,17H,7-8,10-11,13H2,1-5H3. The van der Waals surface area contributed by atoms with E-state index in [-0.39, 0.29) is 0 Å². The van der Waals surface area contributed by atoms with Gasteiger partial charge < -0.3 is 9.47 Å². The van der Waals surface area contributed by atoms with Gasteiger partial charge in [0.25, 0.3) is 0 Å². The van der Waals surface area contributed by atoms with Crippen molar-refractivity contribution >= 4 is 0 Å². The van der Waals surface area contributed by atoms with Crippen LogP contribution in [-0.4, -0.2) is 41.0 Å². The van der Waals surface area contributed by atoms with Crippen molar-refractivity contribution in [3.63, 3.8) is 0 Å². The van der Waals surface area contributed by atoms with Gasteiger partial charge in [-0.3, -0.25) is 9.58 Å². The molecule has 5 nitrogen and oxygen atoms in total. The van der Waals surface area contributed by atoms with Gasteiger partial charge in [-0.2, -0.15) is 5.10 Å². The summed E-state index contributed by atoms with van der Waals surface area (Å²) in [5.74, 6) is 1.62. The molecule has 0 atom stereocenters. The van der Waals surface area contributed by atoms with Gasteiger partial charge in [-0.1, -0.05) is 6.07 Å². The molecule has 25 heavy (non-hydrogen) atoms. The molecule has 0 spiro atoms. The minimum Gasteiger partial charge on any atom is -0.493 e. The van der Waals surface area contributed by atoms with Gasteiger partial charge in [-0.15, -0.1) is 0 Å². The Morgan fingerprint density at radius 3 is 2.56 bits per heavy atom. The fraction of sp³-hybridized carbons (Fsp3) is 0.550. The van der Waals surface area contributed by atoms with E-state index in [4.69, 9.17) is 9.47 Å². The molecular weight excluding hydrogens is 314 g/mol. The summed E-state index contributed by atoms with van der Waals surface area (Å²) in [6, 6.07) is 6.74. The zero-order valence-electron chi connectivity index (χ0n) is 16.0. The fourth-order valence-corrected chi connectivity index (χ4v) is 3.25. The van der Waals surface area contributed by atoms with Crippen LogP contribution in [0.2, 0.25) is 0 Å². The predicted molar refractivity (Wildman–Crippen MR) is 99.3 cm³/mol. The highest BCUT2D eigenvalue weighted by molar-refractivity contribution is 5.42. The van der Waals surface area contributed by atoms with Crippen molar-refractivity contribution in [1.29, 1.82) is 0 Å². The Bertz CT molecular complexity index is 735. The Kier molecular flexibility index (Phi) is 5.33. The van der Waals surface area contributed by atoms with Crippen LogP contribution in [0.25, 0.3) is 0 Å². The molecule has 2 aromatic rings. The predicted octanol–water partition coefficient (Wildman–Crippen LogP) is 3.40. The number of rotatable bonds is 8. The first-order valence-corrected chi connectivity index (χ1v) is 9.00. The van der Waals surface area contributed by atoms with E-state index < -0.39 is 0 Å². The van der Waals surface area contributed by atoms with Crippen molar-refractivity contribution in [1.82, 2.24) is 14.7 Å². The number of aromatic nitrogens is 2. The molecule has 3 rings (SSSR count). The maximum absolute atomic E-state index is 6.01. The molecule has 0 saturated heterocycles. The first kappa shape index (κ1) is 17.8. The molecule has 1 fully saturated rings. The third kappa shape index (κ3) is 4.15. The first-order valence-electron chi connectivity index (χ1n) is 9.00. The zero-order chi connectivity index (χ0) is 18.0. The topological polar surface area (TPSA) is 39.5 Å². The van der Waals surface area contributed by atoms with Crippen molar-refractivity contribution in [2.24, 2.45) is 7.05 Å². The van der Waals surface area contributed by atoms with Crippen LogP contribution >= 0.6 is 0 Å². The highest BCUT2D eigenvalue weighted by Crippen LogP contribution is 2.30. The summed E-state index contributed by atoms with van der Waals surface area (Å²) in [4.78, 5) is 2.53. The van der Waals surface area contributed by atoms with E-state index in [0.29, 0.717) is 12.6 Å². The minimum atomic E-state index is 0.661. The third-order valence-corrected chi connectivity index (χ3v) is 5.04. The molecule has 1 aromatic carbocycles. The number of nitrogens with zero attached hydrogens (tertiary/aromatic N) is 3. The summed E-state index contributed by atoms with van der Waals surface area (Å²) in [6.07, 6.45) is 2.57. The lowest BCUT2D eigenvalue weighted by atomic mass is 10.2. The van der Waals surface area contributed by atoms with Crippen molar-refractivity contribution < 1.29 is 9.47 Å². The molecule has 1 aliphatic carbocycles. The first-order chi connectivity index (χ1) is 12.0. The average Bonchev–Trinajstić information content (AvgIpc) is 3.39. The summed E-state index contributed by atoms with van der Waals surface area (Å²) >= 11 is 0. The molecule has 1 heterocycles. The lowest BCUT2D eigenvalue weighted by Gasteiger charge is -2.22. The van der Waals surface area contributed by atoms with Gasteiger partial charge in [-0.05, 0) is 51.3 Å². The number of aryl methyl sites for hydroxylation is 3. The minimum absolute atomic E-state index is 0.661. The van der Waals surface area contributed by atoms with Gasteiger partial charge in [0.1, 0.15) is 6.61 Å². The summed E-state index contributed by atoms with van der Waals surface area (Å²) < 4.78 is 13.4. The Morgan fingerprint density at radius 2 is 1.96 bits per heavy atom. The maximum atomic E-state index is 6.01. The Hall–Kier alpha value is -2.01. The fourth-order valence-electron chi connectivity index (χ4n) is 3.25. The lowest BCUT2D eigenvalue weighted by molar-refractivity contribution is 0.191. The maximum Gasteiger partial charge on any atom is 0.161 e. The van der Waals surface area contributed by atoms with Crippen LogP contribution in [0.1, 0.15) is 35.4 Å². The lowest BCUT2D eigenvalue weighted by Crippen LogP contribution is -2.30. The van der Waals surface area contributed by atoms with Gasteiger partial charge in [0.2, 0.25) is 0 Å². The summed E-state index contributed by atoms with van der Waals surface area (Å²) in [5, 5.41) is 4.54. The van der Waals surface area contributed by atoms with Crippen LogP contribution in [0.3, 0.4) is 0 Å². The van der Waals surface area contributed by atoms with E-state index in [2.05, 4.69) is 36.8 Å². The van der Waals surface area contributed by atoms with Gasteiger partial charge >= 0.3 is 0 Å². The van der Waals surface area contributed by atoms with Gasteiger partial charge in [-0.25, -0.2) is 0 Å². The van der Waals surface area contributed by atoms with E-state index in [1.54, 1.807) is 7.11 Å². The molecule has 1 aliphatic rings. The summed E-state index contributed by atoms with van der Waals surface area (Å²) in [6.45, 7) is 8.82. The number of benzene rings is 1. The van der Waals surface area contributed by atoms with Crippen molar-refractivity contribution in [2.45, 2.75) is 46.2 Å². The number of hydrogen-bond donors (Lipinski definition) is 0. The molecule has 0 aliphatic heterocycles. The monoisotopic (exact) mass is 343 g/mol. The van der Waals surface area contributed by atoms with E-state index >= 15 is 0 Å². The molecule has 0 amide bonds.